The van der Waals surface area contributed by atoms with E-state index in [0.717, 1.165) is 62.2 Å². The second-order valence-corrected chi connectivity index (χ2v) is 8.40. The Labute approximate surface area is 160 Å². The van der Waals surface area contributed by atoms with E-state index < -0.39 is 0 Å². The molecule has 4 rings (SSSR count). The molecule has 3 nitrogen and oxygen atoms in total. The van der Waals surface area contributed by atoms with E-state index in [-0.39, 0.29) is 5.91 Å². The summed E-state index contributed by atoms with van der Waals surface area (Å²) in [4.78, 5) is 16.2. The summed E-state index contributed by atoms with van der Waals surface area (Å²) in [6.45, 7) is 4.04. The average Bonchev–Trinajstić information content (AvgIpc) is 3.05. The Morgan fingerprint density at radius 3 is 2.27 bits per heavy atom. The van der Waals surface area contributed by atoms with E-state index in [9.17, 15) is 4.79 Å². The number of carbonyl (C=O) groups excluding carboxylic acids is 1. The van der Waals surface area contributed by atoms with Crippen molar-refractivity contribution in [1.82, 2.24) is 10.2 Å². The van der Waals surface area contributed by atoms with E-state index in [4.69, 9.17) is 0 Å². The molecule has 136 valence electrons. The van der Waals surface area contributed by atoms with Gasteiger partial charge in [0, 0.05) is 29.3 Å². The van der Waals surface area contributed by atoms with Crippen LogP contribution in [0, 0.1) is 11.8 Å². The van der Waals surface area contributed by atoms with Gasteiger partial charge in [-0.1, -0.05) is 30.3 Å². The number of rotatable bonds is 4. The number of hydrogen-bond acceptors (Lipinski definition) is 3. The van der Waals surface area contributed by atoms with E-state index in [1.165, 1.54) is 10.5 Å². The van der Waals surface area contributed by atoms with Gasteiger partial charge in [-0.15, -0.1) is 11.8 Å². The van der Waals surface area contributed by atoms with Gasteiger partial charge in [-0.25, -0.2) is 0 Å². The Morgan fingerprint density at radius 1 is 0.962 bits per heavy atom. The van der Waals surface area contributed by atoms with Crippen LogP contribution in [-0.4, -0.2) is 37.0 Å². The quantitative estimate of drug-likeness (QED) is 0.829. The summed E-state index contributed by atoms with van der Waals surface area (Å²) in [5.74, 6) is 2.63. The number of benzene rings is 2. The molecule has 0 aliphatic carbocycles. The maximum absolute atomic E-state index is 12.9. The van der Waals surface area contributed by atoms with Crippen molar-refractivity contribution >= 4 is 17.7 Å². The SMILES string of the molecule is O=C(c1ccc(CSc2ccccc2)cc1)N1CC[C@@H]2CNC[C@@H]2CC1. The Kier molecular flexibility index (Phi) is 5.61. The number of fused-ring (bicyclic) bond motifs is 1. The number of nitrogens with zero attached hydrogens (tertiary/aromatic N) is 1. The summed E-state index contributed by atoms with van der Waals surface area (Å²) < 4.78 is 0. The lowest BCUT2D eigenvalue weighted by molar-refractivity contribution is 0.0758. The lowest BCUT2D eigenvalue weighted by atomic mass is 9.92. The highest BCUT2D eigenvalue weighted by molar-refractivity contribution is 7.98. The zero-order valence-corrected chi connectivity index (χ0v) is 15.9. The van der Waals surface area contributed by atoms with Gasteiger partial charge in [0.1, 0.15) is 0 Å². The molecule has 2 aromatic rings. The van der Waals surface area contributed by atoms with Crippen molar-refractivity contribution in [3.63, 3.8) is 0 Å². The predicted molar refractivity (Wildman–Crippen MR) is 107 cm³/mol. The van der Waals surface area contributed by atoms with Crippen LogP contribution in [0.3, 0.4) is 0 Å². The number of thioether (sulfide) groups is 1. The first-order valence-electron chi connectivity index (χ1n) is 9.56. The molecular weight excluding hydrogens is 340 g/mol. The third-order valence-corrected chi connectivity index (χ3v) is 6.74. The fourth-order valence-electron chi connectivity index (χ4n) is 4.03. The zero-order chi connectivity index (χ0) is 17.8. The summed E-state index contributed by atoms with van der Waals surface area (Å²) in [6, 6.07) is 18.6. The van der Waals surface area contributed by atoms with E-state index in [1.54, 1.807) is 0 Å². The number of hydrogen-bond donors (Lipinski definition) is 1. The van der Waals surface area contributed by atoms with Gasteiger partial charge < -0.3 is 10.2 Å². The normalized spacial score (nSPS) is 22.7. The van der Waals surface area contributed by atoms with Crippen molar-refractivity contribution in [2.24, 2.45) is 11.8 Å². The van der Waals surface area contributed by atoms with Gasteiger partial charge in [0.2, 0.25) is 0 Å². The Morgan fingerprint density at radius 2 is 1.62 bits per heavy atom. The Hall–Kier alpha value is -1.78. The minimum absolute atomic E-state index is 0.195. The maximum Gasteiger partial charge on any atom is 0.253 e. The van der Waals surface area contributed by atoms with Crippen LogP contribution >= 0.6 is 11.8 Å². The van der Waals surface area contributed by atoms with Crippen LogP contribution in [0.15, 0.2) is 59.5 Å². The maximum atomic E-state index is 12.9. The first-order chi connectivity index (χ1) is 12.8. The average molecular weight is 367 g/mol. The van der Waals surface area contributed by atoms with Crippen molar-refractivity contribution in [3.8, 4) is 0 Å². The monoisotopic (exact) mass is 366 g/mol. The molecule has 2 saturated heterocycles. The zero-order valence-electron chi connectivity index (χ0n) is 15.1. The molecule has 2 aromatic carbocycles. The Balaban J connectivity index is 1.34. The fraction of sp³-hybridized carbons (Fsp3) is 0.409. The Bertz CT molecular complexity index is 718. The largest absolute Gasteiger partial charge is 0.339 e. The molecule has 0 unspecified atom stereocenters. The molecule has 0 spiro atoms. The van der Waals surface area contributed by atoms with Crippen LogP contribution in [0.1, 0.15) is 28.8 Å². The van der Waals surface area contributed by atoms with Gasteiger partial charge in [-0.3, -0.25) is 4.79 Å². The van der Waals surface area contributed by atoms with E-state index in [1.807, 2.05) is 30.0 Å². The van der Waals surface area contributed by atoms with Crippen molar-refractivity contribution in [2.75, 3.05) is 26.2 Å². The van der Waals surface area contributed by atoms with Crippen LogP contribution in [-0.2, 0) is 5.75 Å². The number of amides is 1. The highest BCUT2D eigenvalue weighted by Crippen LogP contribution is 2.28. The molecule has 0 radical (unpaired) electrons. The number of nitrogens with one attached hydrogen (secondary N) is 1. The molecule has 2 fully saturated rings. The van der Waals surface area contributed by atoms with E-state index in [2.05, 4.69) is 46.6 Å². The van der Waals surface area contributed by atoms with E-state index in [0.29, 0.717) is 0 Å². The van der Waals surface area contributed by atoms with Crippen LogP contribution in [0.5, 0.6) is 0 Å². The molecule has 2 aliphatic heterocycles. The molecule has 0 aromatic heterocycles. The molecule has 26 heavy (non-hydrogen) atoms. The third-order valence-electron chi connectivity index (χ3n) is 5.66. The van der Waals surface area contributed by atoms with Crippen molar-refractivity contribution < 1.29 is 4.79 Å². The second-order valence-electron chi connectivity index (χ2n) is 7.35. The topological polar surface area (TPSA) is 32.3 Å². The van der Waals surface area contributed by atoms with Gasteiger partial charge in [-0.2, -0.15) is 0 Å². The molecule has 1 N–H and O–H groups in total. The second kappa shape index (κ2) is 8.28. The van der Waals surface area contributed by atoms with Gasteiger partial charge in [0.25, 0.3) is 5.91 Å². The first kappa shape index (κ1) is 17.6. The number of likely N-dealkylation sites (tertiary alicyclic amines) is 1. The molecule has 2 aliphatic rings. The summed E-state index contributed by atoms with van der Waals surface area (Å²) in [5, 5.41) is 3.49. The fourth-order valence-corrected chi connectivity index (χ4v) is 4.91. The summed E-state index contributed by atoms with van der Waals surface area (Å²) in [5.41, 5.74) is 2.08. The first-order valence-corrected chi connectivity index (χ1v) is 10.5. The van der Waals surface area contributed by atoms with Gasteiger partial charge in [0.15, 0.2) is 0 Å². The van der Waals surface area contributed by atoms with Crippen molar-refractivity contribution in [2.45, 2.75) is 23.5 Å². The minimum atomic E-state index is 0.195. The van der Waals surface area contributed by atoms with Crippen LogP contribution in [0.4, 0.5) is 0 Å². The van der Waals surface area contributed by atoms with Gasteiger partial charge in [0.05, 0.1) is 0 Å². The molecule has 0 bridgehead atoms. The number of carbonyl (C=O) groups is 1. The third kappa shape index (κ3) is 4.13. The van der Waals surface area contributed by atoms with E-state index >= 15 is 0 Å². The van der Waals surface area contributed by atoms with Gasteiger partial charge in [-0.05, 0) is 67.6 Å². The molecular formula is C22H26N2OS. The minimum Gasteiger partial charge on any atom is -0.339 e. The molecule has 2 atom stereocenters. The summed E-state index contributed by atoms with van der Waals surface area (Å²) >= 11 is 1.83. The molecule has 0 saturated carbocycles. The predicted octanol–water partition coefficient (Wildman–Crippen LogP) is 4.05. The summed E-state index contributed by atoms with van der Waals surface area (Å²) in [7, 11) is 0. The van der Waals surface area contributed by atoms with Gasteiger partial charge >= 0.3 is 0 Å². The van der Waals surface area contributed by atoms with Crippen LogP contribution in [0.2, 0.25) is 0 Å². The van der Waals surface area contributed by atoms with Crippen LogP contribution in [0.25, 0.3) is 0 Å². The molecule has 4 heteroatoms. The lowest BCUT2D eigenvalue weighted by Crippen LogP contribution is -2.32. The smallest absolute Gasteiger partial charge is 0.253 e. The molecule has 2 heterocycles. The highest BCUT2D eigenvalue weighted by atomic mass is 32.2. The molecule has 1 amide bonds. The standard InChI is InChI=1S/C22H26N2OS/c25-22(24-12-10-19-14-23-15-20(19)11-13-24)18-8-6-17(7-9-18)16-26-21-4-2-1-3-5-21/h1-9,19-20,23H,10-16H2/t19-,20+. The summed E-state index contributed by atoms with van der Waals surface area (Å²) in [6.07, 6.45) is 2.27. The van der Waals surface area contributed by atoms with Crippen molar-refractivity contribution in [3.05, 3.63) is 65.7 Å². The van der Waals surface area contributed by atoms with Crippen molar-refractivity contribution in [1.29, 1.82) is 0 Å². The lowest BCUT2D eigenvalue weighted by Gasteiger charge is -2.21. The van der Waals surface area contributed by atoms with Crippen LogP contribution < -0.4 is 5.32 Å². The highest BCUT2D eigenvalue weighted by Gasteiger charge is 2.31.